The number of hydrogen-bond acceptors (Lipinski definition) is 4. The molecule has 0 spiro atoms. The normalized spacial score (nSPS) is 16.6. The highest BCUT2D eigenvalue weighted by Crippen LogP contribution is 2.43. The molecule has 1 fully saturated rings. The minimum Gasteiger partial charge on any atom is -0.394 e. The smallest absolute Gasteiger partial charge is 0.394 e. The van der Waals surface area contributed by atoms with Gasteiger partial charge in [0.15, 0.2) is 0 Å². The molecule has 33 heavy (non-hydrogen) atoms. The van der Waals surface area contributed by atoms with Crippen LogP contribution in [0.15, 0.2) is 70.6 Å². The summed E-state index contributed by atoms with van der Waals surface area (Å²) in [5, 5.41) is 9.62. The molecule has 0 saturated carbocycles. The third-order valence-corrected chi connectivity index (χ3v) is 7.17. The Labute approximate surface area is 196 Å². The summed E-state index contributed by atoms with van der Waals surface area (Å²) >= 11 is 1.16. The van der Waals surface area contributed by atoms with Crippen LogP contribution in [0.25, 0.3) is 11.1 Å². The molecule has 1 aromatic heterocycles. The molecule has 1 aliphatic heterocycles. The van der Waals surface area contributed by atoms with E-state index >= 15 is 0 Å². The predicted molar refractivity (Wildman–Crippen MR) is 127 cm³/mol. The van der Waals surface area contributed by atoms with Gasteiger partial charge in [-0.15, -0.1) is 0 Å². The van der Waals surface area contributed by atoms with Gasteiger partial charge in [0.25, 0.3) is 0 Å². The van der Waals surface area contributed by atoms with Crippen molar-refractivity contribution in [2.75, 3.05) is 18.1 Å². The van der Waals surface area contributed by atoms with Crippen molar-refractivity contribution in [3.05, 3.63) is 71.9 Å². The monoisotopic (exact) mass is 472 g/mol. The standard InChI is InChI=1S/C26H27F3N2OS/c1-17(2)21-7-3-4-8-23(21)33-24-10-9-18(14-22(24)26(27,28)29)19-11-12-30-25(15-19)31-13-5-6-20(31)16-32/h3-4,7-12,14-15,17,20,32H,5-6,13,16H2,1-2H3/t20-/m1/s1. The van der Waals surface area contributed by atoms with Gasteiger partial charge in [-0.3, -0.25) is 0 Å². The largest absolute Gasteiger partial charge is 0.417 e. The Morgan fingerprint density at radius 1 is 1.06 bits per heavy atom. The van der Waals surface area contributed by atoms with E-state index in [9.17, 15) is 18.3 Å². The van der Waals surface area contributed by atoms with Crippen LogP contribution < -0.4 is 4.90 Å². The lowest BCUT2D eigenvalue weighted by Gasteiger charge is -2.24. The van der Waals surface area contributed by atoms with Crippen LogP contribution in [0.5, 0.6) is 0 Å². The van der Waals surface area contributed by atoms with E-state index < -0.39 is 11.7 Å². The highest BCUT2D eigenvalue weighted by atomic mass is 32.2. The number of alkyl halides is 3. The zero-order valence-electron chi connectivity index (χ0n) is 18.6. The lowest BCUT2D eigenvalue weighted by molar-refractivity contribution is -0.139. The lowest BCUT2D eigenvalue weighted by atomic mass is 10.0. The first kappa shape index (κ1) is 23.6. The first-order chi connectivity index (χ1) is 15.8. The van der Waals surface area contributed by atoms with Gasteiger partial charge < -0.3 is 10.0 Å². The molecule has 1 N–H and O–H groups in total. The van der Waals surface area contributed by atoms with E-state index in [0.717, 1.165) is 41.6 Å². The van der Waals surface area contributed by atoms with Crippen molar-refractivity contribution >= 4 is 17.6 Å². The number of aliphatic hydroxyl groups excluding tert-OH is 1. The first-order valence-corrected chi connectivity index (χ1v) is 11.9. The number of rotatable bonds is 6. The minimum atomic E-state index is -4.47. The number of anilines is 1. The third kappa shape index (κ3) is 5.20. The summed E-state index contributed by atoms with van der Waals surface area (Å²) in [6.07, 6.45) is -1.02. The Bertz CT molecular complexity index is 1120. The van der Waals surface area contributed by atoms with Crippen molar-refractivity contribution < 1.29 is 18.3 Å². The average molecular weight is 473 g/mol. The number of aromatic nitrogens is 1. The number of hydrogen-bond donors (Lipinski definition) is 1. The minimum absolute atomic E-state index is 0.00159. The maximum Gasteiger partial charge on any atom is 0.417 e. The Kier molecular flexibility index (Phi) is 7.00. The van der Waals surface area contributed by atoms with E-state index in [2.05, 4.69) is 4.98 Å². The maximum absolute atomic E-state index is 14.1. The molecule has 0 aliphatic carbocycles. The molecule has 1 atom stereocenters. The molecule has 1 saturated heterocycles. The fourth-order valence-electron chi connectivity index (χ4n) is 4.27. The van der Waals surface area contributed by atoms with Crippen LogP contribution in [0.1, 0.15) is 43.7 Å². The summed E-state index contributed by atoms with van der Waals surface area (Å²) in [5.41, 5.74) is 1.55. The second-order valence-electron chi connectivity index (χ2n) is 8.58. The molecular weight excluding hydrogens is 445 g/mol. The second kappa shape index (κ2) is 9.77. The molecule has 0 amide bonds. The third-order valence-electron chi connectivity index (χ3n) is 6.01. The van der Waals surface area contributed by atoms with Gasteiger partial charge in [0.05, 0.1) is 18.2 Å². The van der Waals surface area contributed by atoms with E-state index in [1.807, 2.05) is 49.1 Å². The number of halogens is 3. The number of benzene rings is 2. The molecule has 7 heteroatoms. The fraction of sp³-hybridized carbons (Fsp3) is 0.346. The molecule has 3 aromatic rings. The fourth-order valence-corrected chi connectivity index (χ4v) is 5.50. The van der Waals surface area contributed by atoms with Crippen molar-refractivity contribution in [3.8, 4) is 11.1 Å². The van der Waals surface area contributed by atoms with Crippen LogP contribution in [-0.2, 0) is 6.18 Å². The van der Waals surface area contributed by atoms with Crippen molar-refractivity contribution in [2.45, 2.75) is 54.6 Å². The van der Waals surface area contributed by atoms with Crippen molar-refractivity contribution in [1.29, 1.82) is 0 Å². The predicted octanol–water partition coefficient (Wildman–Crippen LogP) is 7.00. The van der Waals surface area contributed by atoms with Gasteiger partial charge in [0.2, 0.25) is 0 Å². The highest BCUT2D eigenvalue weighted by Gasteiger charge is 2.34. The molecule has 0 unspecified atom stereocenters. The van der Waals surface area contributed by atoms with E-state index in [1.54, 1.807) is 24.4 Å². The van der Waals surface area contributed by atoms with Crippen LogP contribution in [0, 0.1) is 0 Å². The molecule has 4 rings (SSSR count). The maximum atomic E-state index is 14.1. The SMILES string of the molecule is CC(C)c1ccccc1Sc1ccc(-c2ccnc(N3CCC[C@@H]3CO)c2)cc1C(F)(F)F. The van der Waals surface area contributed by atoms with Gasteiger partial charge in [-0.2, -0.15) is 13.2 Å². The molecule has 0 radical (unpaired) electrons. The van der Waals surface area contributed by atoms with Gasteiger partial charge in [0.1, 0.15) is 5.82 Å². The second-order valence-corrected chi connectivity index (χ2v) is 9.66. The quantitative estimate of drug-likeness (QED) is 0.419. The molecular formula is C26H27F3N2OS. The van der Waals surface area contributed by atoms with Gasteiger partial charge >= 0.3 is 6.18 Å². The lowest BCUT2D eigenvalue weighted by Crippen LogP contribution is -2.32. The number of aliphatic hydroxyl groups is 1. The van der Waals surface area contributed by atoms with E-state index in [0.29, 0.717) is 16.9 Å². The Hall–Kier alpha value is -2.51. The first-order valence-electron chi connectivity index (χ1n) is 11.1. The van der Waals surface area contributed by atoms with E-state index in [-0.39, 0.29) is 23.5 Å². The Balaban J connectivity index is 1.71. The van der Waals surface area contributed by atoms with Gasteiger partial charge in [-0.25, -0.2) is 4.98 Å². The summed E-state index contributed by atoms with van der Waals surface area (Å²) in [5.74, 6) is 0.896. The van der Waals surface area contributed by atoms with Crippen LogP contribution in [-0.4, -0.2) is 29.3 Å². The summed E-state index contributed by atoms with van der Waals surface area (Å²) in [7, 11) is 0. The van der Waals surface area contributed by atoms with Gasteiger partial charge in [-0.05, 0) is 65.8 Å². The summed E-state index contributed by atoms with van der Waals surface area (Å²) < 4.78 is 42.2. The summed E-state index contributed by atoms with van der Waals surface area (Å²) in [6, 6.07) is 15.7. The Morgan fingerprint density at radius 3 is 2.55 bits per heavy atom. The summed E-state index contributed by atoms with van der Waals surface area (Å²) in [6.45, 7) is 4.89. The molecule has 2 heterocycles. The zero-order chi connectivity index (χ0) is 23.6. The van der Waals surface area contributed by atoms with E-state index in [4.69, 9.17) is 0 Å². The van der Waals surface area contributed by atoms with E-state index in [1.165, 1.54) is 6.07 Å². The number of pyridine rings is 1. The molecule has 0 bridgehead atoms. The Morgan fingerprint density at radius 2 is 1.82 bits per heavy atom. The van der Waals surface area contributed by atoms with Crippen molar-refractivity contribution in [1.82, 2.24) is 4.98 Å². The van der Waals surface area contributed by atoms with Crippen molar-refractivity contribution in [3.63, 3.8) is 0 Å². The summed E-state index contributed by atoms with van der Waals surface area (Å²) in [4.78, 5) is 7.46. The zero-order valence-corrected chi connectivity index (χ0v) is 19.5. The molecule has 1 aliphatic rings. The average Bonchev–Trinajstić information content (AvgIpc) is 3.28. The molecule has 2 aromatic carbocycles. The number of nitrogens with zero attached hydrogens (tertiary/aromatic N) is 2. The van der Waals surface area contributed by atoms with Crippen molar-refractivity contribution in [2.24, 2.45) is 0 Å². The topological polar surface area (TPSA) is 36.4 Å². The van der Waals surface area contributed by atoms with Gasteiger partial charge in [-0.1, -0.05) is 49.9 Å². The molecule has 174 valence electrons. The molecule has 3 nitrogen and oxygen atoms in total. The highest BCUT2D eigenvalue weighted by molar-refractivity contribution is 7.99. The van der Waals surface area contributed by atoms with Crippen LogP contribution in [0.3, 0.4) is 0 Å². The van der Waals surface area contributed by atoms with Gasteiger partial charge in [0, 0.05) is 22.5 Å². The van der Waals surface area contributed by atoms with Crippen LogP contribution in [0.4, 0.5) is 19.0 Å². The van der Waals surface area contributed by atoms with Crippen LogP contribution >= 0.6 is 11.8 Å². The van der Waals surface area contributed by atoms with Crippen LogP contribution in [0.2, 0.25) is 0 Å².